The molecule has 0 aromatic rings. The first-order valence-electron chi connectivity index (χ1n) is 39.9. The lowest BCUT2D eigenvalue weighted by Gasteiger charge is -2.43. The Kier molecular flexibility index (Phi) is 45.3. The summed E-state index contributed by atoms with van der Waals surface area (Å²) < 4.78 is 15.4. The lowest BCUT2D eigenvalue weighted by molar-refractivity contribution is -0.149. The second-order valence-electron chi connectivity index (χ2n) is 43.7. The molecule has 0 aliphatic carbocycles. The average Bonchev–Trinajstić information content (AvgIpc) is 1.03. The number of nitrogens with one attached hydrogen (secondary N) is 2. The van der Waals surface area contributed by atoms with Crippen molar-refractivity contribution in [1.29, 1.82) is 0 Å². The minimum Gasteiger partial charge on any atom is -0.481 e. The highest BCUT2D eigenvalue weighted by molar-refractivity contribution is 5.94. The third-order valence-electron chi connectivity index (χ3n) is 22.1. The molecule has 5 heterocycles. The number of rotatable bonds is 6. The topological polar surface area (TPSA) is 189 Å². The van der Waals surface area contributed by atoms with Gasteiger partial charge < -0.3 is 39.8 Å². The van der Waals surface area contributed by atoms with Crippen molar-refractivity contribution in [2.45, 2.75) is 397 Å². The van der Waals surface area contributed by atoms with Gasteiger partial charge in [0.05, 0.1) is 19.1 Å². The zero-order valence-electron chi connectivity index (χ0n) is 76.2. The third kappa shape index (κ3) is 49.9. The molecule has 0 radical (unpaired) electrons. The predicted octanol–water partition coefficient (Wildman–Crippen LogP) is 23.9. The molecular formula is C88H176N6O9. The van der Waals surface area contributed by atoms with Crippen molar-refractivity contribution in [3.05, 3.63) is 0 Å². The number of carbonyl (C=O) groups excluding carboxylic acids is 4. The van der Waals surface area contributed by atoms with Crippen LogP contribution in [0.3, 0.4) is 0 Å². The van der Waals surface area contributed by atoms with Gasteiger partial charge in [0.2, 0.25) is 0 Å². The second-order valence-corrected chi connectivity index (χ2v) is 43.7. The van der Waals surface area contributed by atoms with Crippen LogP contribution in [0.5, 0.6) is 0 Å². The summed E-state index contributed by atoms with van der Waals surface area (Å²) in [5, 5.41) is 15.5. The Labute approximate surface area is 639 Å². The number of ketones is 1. The Morgan fingerprint density at radius 1 is 0.476 bits per heavy atom. The largest absolute Gasteiger partial charge is 0.481 e. The molecule has 0 aromatic heterocycles. The number of hydrogen-bond donors (Lipinski definition) is 3. The number of carboxylic acid groups (broad SMARTS) is 1. The van der Waals surface area contributed by atoms with Crippen molar-refractivity contribution in [2.75, 3.05) is 52.9 Å². The van der Waals surface area contributed by atoms with Crippen molar-refractivity contribution < 1.29 is 43.3 Å². The Bertz CT molecular complexity index is 2400. The highest BCUT2D eigenvalue weighted by atomic mass is 16.6. The van der Waals surface area contributed by atoms with Gasteiger partial charge in [-0.3, -0.25) is 19.4 Å². The SMILES string of the molecule is CC(=O)C(C)(C)C.CC(C)(C)C(C)(C)C.CC(C)(C)C(C)(C)CCC(=O)O.CC(C)(C)C(C)(C)CCC1=NCC=N1.CC(C)(C)C1CCCCN1.CC(C)(C)C1CCNCC1.CC(C)(C)OC(=O)N1CCC(C(C)(C)C)CC1.CC(C)(C)OC(=O)N1CCCCC1C(C)(C)C.COC(=O)C(C)(C)C. The number of esters is 1. The van der Waals surface area contributed by atoms with Gasteiger partial charge in [-0.2, -0.15) is 0 Å². The molecule has 5 aliphatic heterocycles. The molecule has 0 saturated carbocycles. The Hall–Kier alpha value is -3.59. The van der Waals surface area contributed by atoms with Crippen LogP contribution in [0.1, 0.15) is 374 Å². The quantitative estimate of drug-likeness (QED) is 0.170. The predicted molar refractivity (Wildman–Crippen MR) is 444 cm³/mol. The molecule has 5 rings (SSSR count). The van der Waals surface area contributed by atoms with Crippen LogP contribution in [0, 0.1) is 76.8 Å². The van der Waals surface area contributed by atoms with Crippen molar-refractivity contribution in [3.63, 3.8) is 0 Å². The van der Waals surface area contributed by atoms with Crippen LogP contribution >= 0.6 is 0 Å². The molecule has 3 N–H and O–H groups in total. The monoisotopic (exact) mass is 1460 g/mol. The molecule has 15 heteroatoms. The van der Waals surface area contributed by atoms with E-state index in [0.29, 0.717) is 49.9 Å². The smallest absolute Gasteiger partial charge is 0.410 e. The summed E-state index contributed by atoms with van der Waals surface area (Å²) in [4.78, 5) is 67.8. The van der Waals surface area contributed by atoms with E-state index in [0.717, 1.165) is 88.9 Å². The van der Waals surface area contributed by atoms with Crippen LogP contribution in [-0.2, 0) is 28.6 Å². The van der Waals surface area contributed by atoms with Gasteiger partial charge in [-0.05, 0) is 225 Å². The number of amidine groups is 1. The molecule has 2 amide bonds. The summed E-state index contributed by atoms with van der Waals surface area (Å²) in [7, 11) is 1.40. The number of aliphatic carboxylic acids is 1. The summed E-state index contributed by atoms with van der Waals surface area (Å²) >= 11 is 0. The molecule has 612 valence electrons. The molecule has 5 aliphatic rings. The van der Waals surface area contributed by atoms with Gasteiger partial charge in [0, 0.05) is 56.2 Å². The summed E-state index contributed by atoms with van der Waals surface area (Å²) in [6, 6.07) is 1.05. The number of ether oxygens (including phenoxy) is 3. The first-order valence-corrected chi connectivity index (χ1v) is 39.9. The number of hydrogen-bond acceptors (Lipinski definition) is 12. The van der Waals surface area contributed by atoms with Crippen LogP contribution in [0.4, 0.5) is 9.59 Å². The van der Waals surface area contributed by atoms with Gasteiger partial charge in [0.25, 0.3) is 0 Å². The first-order chi connectivity index (χ1) is 45.6. The van der Waals surface area contributed by atoms with Gasteiger partial charge in [-0.25, -0.2) is 14.6 Å². The van der Waals surface area contributed by atoms with E-state index in [1.807, 2.05) is 99.1 Å². The van der Waals surface area contributed by atoms with Gasteiger partial charge in [-0.15, -0.1) is 0 Å². The molecule has 2 atom stereocenters. The standard InChI is InChI=1S/2C14H27NO2.C12H22N2.C10H20O2.2C9H19N.C8H18.C6H12O2.C6H12O/c1-13(2,3)11-7-9-15(10-8-11)12(16)17-14(4,5)6;1-13(2,3)11-9-7-8-10-15(11)12(16)17-14(4,5)6;1-11(2,3)12(4,5)7-6-10-13-8-9-14-10;1-9(2,3)10(4,5)7-6-8(11)12;1-9(2,3)8-4-6-10-7-5-8;1-9(2,3)8-6-4-5-7-10-8;1-7(2,3)8(4,5)6;1-6(2,3)5(7)8-4;1-5(7)6(2,3)4/h2*11H,7-10H2,1-6H3;8H,6-7,9H2,1-5H3;6-7H2,1-5H3,(H,11,12);2*8,10H,4-7H2,1-3H3;1-6H3;1-4H3;1-4H3. The molecule has 103 heavy (non-hydrogen) atoms. The second kappa shape index (κ2) is 44.2. The number of nitrogens with zero attached hydrogens (tertiary/aromatic N) is 4. The number of aliphatic imine (C=N–C) groups is 2. The summed E-state index contributed by atoms with van der Waals surface area (Å²) in [5.74, 6) is 2.05. The fraction of sp³-hybridized carbons (Fsp3) is 0.920. The highest BCUT2D eigenvalue weighted by Gasteiger charge is 2.39. The molecule has 0 aromatic carbocycles. The van der Waals surface area contributed by atoms with E-state index in [2.05, 4.69) is 219 Å². The van der Waals surface area contributed by atoms with Crippen LogP contribution in [0.2, 0.25) is 0 Å². The van der Waals surface area contributed by atoms with Crippen LogP contribution in [0.15, 0.2) is 9.98 Å². The molecule has 0 bridgehead atoms. The maximum absolute atomic E-state index is 12.2. The zero-order valence-corrected chi connectivity index (χ0v) is 76.2. The first kappa shape index (κ1) is 106. The summed E-state index contributed by atoms with van der Waals surface area (Å²) in [5.41, 5.74) is 1.99. The fourth-order valence-corrected chi connectivity index (χ4v) is 10.3. The van der Waals surface area contributed by atoms with E-state index >= 15 is 0 Å². The fourth-order valence-electron chi connectivity index (χ4n) is 10.3. The van der Waals surface area contributed by atoms with Gasteiger partial charge >= 0.3 is 24.1 Å². The number of amides is 2. The van der Waals surface area contributed by atoms with Gasteiger partial charge in [0.15, 0.2) is 0 Å². The van der Waals surface area contributed by atoms with E-state index in [-0.39, 0.29) is 57.4 Å². The molecular weight excluding hydrogens is 1290 g/mol. The van der Waals surface area contributed by atoms with Crippen LogP contribution in [0.25, 0.3) is 0 Å². The number of carboxylic acids is 1. The molecule has 15 nitrogen and oxygen atoms in total. The summed E-state index contributed by atoms with van der Waals surface area (Å²) in [6.07, 6.45) is 17.2. The van der Waals surface area contributed by atoms with Crippen LogP contribution < -0.4 is 10.6 Å². The number of likely N-dealkylation sites (tertiary alicyclic amines) is 2. The third-order valence-corrected chi connectivity index (χ3v) is 22.1. The minimum atomic E-state index is -0.702. The zero-order chi connectivity index (χ0) is 82.4. The lowest BCUT2D eigenvalue weighted by Crippen LogP contribution is -2.51. The van der Waals surface area contributed by atoms with Crippen molar-refractivity contribution in [2.24, 2.45) is 86.8 Å². The van der Waals surface area contributed by atoms with Gasteiger partial charge in [0.1, 0.15) is 22.8 Å². The van der Waals surface area contributed by atoms with Crippen molar-refractivity contribution in [1.82, 2.24) is 20.4 Å². The van der Waals surface area contributed by atoms with Crippen molar-refractivity contribution >= 4 is 42.0 Å². The van der Waals surface area contributed by atoms with E-state index in [1.54, 1.807) is 6.92 Å². The molecule has 2 unspecified atom stereocenters. The Morgan fingerprint density at radius 3 is 1.17 bits per heavy atom. The maximum Gasteiger partial charge on any atom is 0.410 e. The van der Waals surface area contributed by atoms with E-state index in [1.165, 1.54) is 65.3 Å². The number of carbonyl (C=O) groups is 5. The van der Waals surface area contributed by atoms with Crippen molar-refractivity contribution in [3.8, 4) is 0 Å². The maximum atomic E-state index is 12.2. The van der Waals surface area contributed by atoms with E-state index in [9.17, 15) is 24.0 Å². The molecule has 0 spiro atoms. The van der Waals surface area contributed by atoms with E-state index < -0.39 is 17.2 Å². The Balaban J connectivity index is -0.000000544. The average molecular weight is 1460 g/mol. The number of methoxy groups -OCH3 is 1. The van der Waals surface area contributed by atoms with E-state index in [4.69, 9.17) is 14.6 Å². The normalized spacial score (nSPS) is 18.5. The molecule has 4 saturated heterocycles. The summed E-state index contributed by atoms with van der Waals surface area (Å²) in [6.45, 7) is 94.5. The minimum absolute atomic E-state index is 0.0887. The number of Topliss-reactive ketones (excluding diaryl/α,β-unsaturated/α-hetero) is 1. The lowest BCUT2D eigenvalue weighted by atomic mass is 9.67. The highest BCUT2D eigenvalue weighted by Crippen LogP contribution is 2.43. The van der Waals surface area contributed by atoms with Crippen LogP contribution in [-0.4, -0.2) is 133 Å². The number of piperidine rings is 4. The Morgan fingerprint density at radius 2 is 0.883 bits per heavy atom. The molecule has 4 fully saturated rings. The van der Waals surface area contributed by atoms with Gasteiger partial charge in [-0.1, -0.05) is 221 Å².